The second kappa shape index (κ2) is 7.02. The van der Waals surface area contributed by atoms with E-state index in [-0.39, 0.29) is 6.04 Å². The van der Waals surface area contributed by atoms with Gasteiger partial charge in [0.15, 0.2) is 0 Å². The second-order valence-corrected chi connectivity index (χ2v) is 8.34. The molecule has 0 aliphatic carbocycles. The van der Waals surface area contributed by atoms with Crippen LogP contribution in [0, 0.1) is 0 Å². The van der Waals surface area contributed by atoms with Gasteiger partial charge in [0.2, 0.25) is 10.0 Å². The maximum absolute atomic E-state index is 13.3. The van der Waals surface area contributed by atoms with E-state index >= 15 is 0 Å². The Hall–Kier alpha value is -2.50. The van der Waals surface area contributed by atoms with Crippen molar-refractivity contribution in [1.82, 2.24) is 9.29 Å². The average Bonchev–Trinajstić information content (AvgIpc) is 3.20. The Balaban J connectivity index is 1.71. The van der Waals surface area contributed by atoms with Crippen LogP contribution < -0.4 is 0 Å². The van der Waals surface area contributed by atoms with E-state index in [4.69, 9.17) is 0 Å². The van der Waals surface area contributed by atoms with E-state index in [0.29, 0.717) is 11.4 Å². The number of benzene rings is 2. The molecule has 26 heavy (non-hydrogen) atoms. The molecule has 0 N–H and O–H groups in total. The van der Waals surface area contributed by atoms with E-state index in [0.717, 1.165) is 29.5 Å². The molecule has 4 rings (SSSR count). The molecule has 0 amide bonds. The van der Waals surface area contributed by atoms with Gasteiger partial charge >= 0.3 is 0 Å². The summed E-state index contributed by atoms with van der Waals surface area (Å²) in [6.45, 7) is 0.547. The van der Waals surface area contributed by atoms with Crippen LogP contribution in [0.3, 0.4) is 0 Å². The van der Waals surface area contributed by atoms with Gasteiger partial charge in [-0.05, 0) is 53.8 Å². The largest absolute Gasteiger partial charge is 0.265 e. The van der Waals surface area contributed by atoms with Gasteiger partial charge < -0.3 is 0 Å². The SMILES string of the molecule is O=S(=O)(c1cccc(-c2ccccc2)c1)N1CCCC1c1ccncc1. The standard InChI is InChI=1S/C21H20N2O2S/c24-26(25,23-15-5-10-21(23)18-11-13-22-14-12-18)20-9-4-8-19(16-20)17-6-2-1-3-7-17/h1-4,6-9,11-14,16,21H,5,10,15H2. The minimum Gasteiger partial charge on any atom is -0.265 e. The lowest BCUT2D eigenvalue weighted by atomic mass is 10.1. The van der Waals surface area contributed by atoms with Crippen molar-refractivity contribution in [3.05, 3.63) is 84.7 Å². The normalized spacial score (nSPS) is 18.1. The number of nitrogens with zero attached hydrogens (tertiary/aromatic N) is 2. The first-order valence-electron chi connectivity index (χ1n) is 8.73. The Labute approximate surface area is 154 Å². The van der Waals surface area contributed by atoms with Crippen LogP contribution in [0.1, 0.15) is 24.4 Å². The summed E-state index contributed by atoms with van der Waals surface area (Å²) in [4.78, 5) is 4.39. The Bertz CT molecular complexity index is 989. The van der Waals surface area contributed by atoms with Crippen molar-refractivity contribution < 1.29 is 8.42 Å². The number of pyridine rings is 1. The summed E-state index contributed by atoms with van der Waals surface area (Å²) in [5.74, 6) is 0. The molecule has 1 fully saturated rings. The number of rotatable bonds is 4. The molecule has 1 aromatic heterocycles. The van der Waals surface area contributed by atoms with E-state index in [9.17, 15) is 8.42 Å². The van der Waals surface area contributed by atoms with Gasteiger partial charge in [-0.1, -0.05) is 42.5 Å². The van der Waals surface area contributed by atoms with Crippen LogP contribution in [-0.4, -0.2) is 24.3 Å². The van der Waals surface area contributed by atoms with Gasteiger partial charge in [0.25, 0.3) is 0 Å². The van der Waals surface area contributed by atoms with Gasteiger partial charge in [-0.3, -0.25) is 4.98 Å². The molecular weight excluding hydrogens is 344 g/mol. The van der Waals surface area contributed by atoms with Gasteiger partial charge in [-0.2, -0.15) is 4.31 Å². The van der Waals surface area contributed by atoms with Crippen molar-refractivity contribution in [2.75, 3.05) is 6.54 Å². The number of hydrogen-bond donors (Lipinski definition) is 0. The zero-order chi connectivity index (χ0) is 18.0. The van der Waals surface area contributed by atoms with Crippen molar-refractivity contribution in [2.24, 2.45) is 0 Å². The molecule has 2 aromatic carbocycles. The zero-order valence-electron chi connectivity index (χ0n) is 14.3. The minimum absolute atomic E-state index is 0.122. The van der Waals surface area contributed by atoms with E-state index in [1.54, 1.807) is 28.8 Å². The molecule has 1 saturated heterocycles. The van der Waals surface area contributed by atoms with Gasteiger partial charge in [0, 0.05) is 18.9 Å². The smallest absolute Gasteiger partial charge is 0.243 e. The maximum atomic E-state index is 13.3. The molecule has 4 nitrogen and oxygen atoms in total. The molecular formula is C21H20N2O2S. The summed E-state index contributed by atoms with van der Waals surface area (Å²) in [5, 5.41) is 0. The fourth-order valence-corrected chi connectivity index (χ4v) is 5.28. The molecule has 3 aromatic rings. The highest BCUT2D eigenvalue weighted by Crippen LogP contribution is 2.36. The highest BCUT2D eigenvalue weighted by Gasteiger charge is 2.36. The maximum Gasteiger partial charge on any atom is 0.243 e. The highest BCUT2D eigenvalue weighted by molar-refractivity contribution is 7.89. The van der Waals surface area contributed by atoms with Crippen molar-refractivity contribution in [1.29, 1.82) is 0 Å². The van der Waals surface area contributed by atoms with Crippen LogP contribution in [0.5, 0.6) is 0 Å². The monoisotopic (exact) mass is 364 g/mol. The lowest BCUT2D eigenvalue weighted by Gasteiger charge is -2.24. The zero-order valence-corrected chi connectivity index (χ0v) is 15.1. The average molecular weight is 364 g/mol. The summed E-state index contributed by atoms with van der Waals surface area (Å²) in [6, 6.07) is 20.7. The minimum atomic E-state index is -3.55. The fourth-order valence-electron chi connectivity index (χ4n) is 3.55. The van der Waals surface area contributed by atoms with Crippen LogP contribution >= 0.6 is 0 Å². The van der Waals surface area contributed by atoms with Gasteiger partial charge in [0.1, 0.15) is 0 Å². The third-order valence-corrected chi connectivity index (χ3v) is 6.75. The third-order valence-electron chi connectivity index (χ3n) is 4.84. The highest BCUT2D eigenvalue weighted by atomic mass is 32.2. The molecule has 2 heterocycles. The predicted molar refractivity (Wildman–Crippen MR) is 102 cm³/mol. The molecule has 1 aliphatic rings. The predicted octanol–water partition coefficient (Wildman–Crippen LogP) is 4.27. The Kier molecular flexibility index (Phi) is 4.57. The van der Waals surface area contributed by atoms with Crippen molar-refractivity contribution >= 4 is 10.0 Å². The van der Waals surface area contributed by atoms with Crippen LogP contribution in [-0.2, 0) is 10.0 Å². The summed E-state index contributed by atoms with van der Waals surface area (Å²) in [6.07, 6.45) is 5.13. The van der Waals surface area contributed by atoms with Gasteiger partial charge in [-0.15, -0.1) is 0 Å². The van der Waals surface area contributed by atoms with Crippen molar-refractivity contribution in [3.8, 4) is 11.1 Å². The van der Waals surface area contributed by atoms with Crippen molar-refractivity contribution in [3.63, 3.8) is 0 Å². The summed E-state index contributed by atoms with van der Waals surface area (Å²) in [5.41, 5.74) is 2.92. The molecule has 0 radical (unpaired) electrons. The van der Waals surface area contributed by atoms with Crippen LogP contribution in [0.4, 0.5) is 0 Å². The molecule has 0 spiro atoms. The Morgan fingerprint density at radius 3 is 2.38 bits per heavy atom. The molecule has 1 unspecified atom stereocenters. The molecule has 0 saturated carbocycles. The first-order chi connectivity index (χ1) is 12.7. The van der Waals surface area contributed by atoms with Gasteiger partial charge in [0.05, 0.1) is 10.9 Å². The summed E-state index contributed by atoms with van der Waals surface area (Å²) < 4.78 is 28.3. The topological polar surface area (TPSA) is 50.3 Å². The molecule has 1 aliphatic heterocycles. The lowest BCUT2D eigenvalue weighted by molar-refractivity contribution is 0.396. The summed E-state index contributed by atoms with van der Waals surface area (Å²) in [7, 11) is -3.55. The number of sulfonamides is 1. The number of hydrogen-bond acceptors (Lipinski definition) is 3. The molecule has 1 atom stereocenters. The Morgan fingerprint density at radius 2 is 1.62 bits per heavy atom. The lowest BCUT2D eigenvalue weighted by Crippen LogP contribution is -2.30. The second-order valence-electron chi connectivity index (χ2n) is 6.45. The van der Waals surface area contributed by atoms with E-state index in [1.165, 1.54) is 0 Å². The first-order valence-corrected chi connectivity index (χ1v) is 10.2. The van der Waals surface area contributed by atoms with E-state index in [1.807, 2.05) is 54.6 Å². The van der Waals surface area contributed by atoms with E-state index in [2.05, 4.69) is 4.98 Å². The Morgan fingerprint density at radius 1 is 0.885 bits per heavy atom. The third kappa shape index (κ3) is 3.16. The number of aromatic nitrogens is 1. The van der Waals surface area contributed by atoms with Crippen LogP contribution in [0.25, 0.3) is 11.1 Å². The van der Waals surface area contributed by atoms with Gasteiger partial charge in [-0.25, -0.2) is 8.42 Å². The fraction of sp³-hybridized carbons (Fsp3) is 0.190. The first kappa shape index (κ1) is 16.9. The molecule has 5 heteroatoms. The van der Waals surface area contributed by atoms with Crippen LogP contribution in [0.15, 0.2) is 84.0 Å². The summed E-state index contributed by atoms with van der Waals surface area (Å²) >= 11 is 0. The quantitative estimate of drug-likeness (QED) is 0.694. The van der Waals surface area contributed by atoms with E-state index < -0.39 is 10.0 Å². The van der Waals surface area contributed by atoms with Crippen molar-refractivity contribution in [2.45, 2.75) is 23.8 Å². The van der Waals surface area contributed by atoms with Crippen LogP contribution in [0.2, 0.25) is 0 Å². The molecule has 132 valence electrons. The molecule has 0 bridgehead atoms.